The van der Waals surface area contributed by atoms with Crippen LogP contribution in [0.4, 0.5) is 0 Å². The molecule has 0 aromatic rings. The maximum Gasteiger partial charge on any atom is 0.214 e. The first kappa shape index (κ1) is 12.4. The fourth-order valence-corrected chi connectivity index (χ4v) is 6.98. The smallest absolute Gasteiger partial charge is 0.214 e. The summed E-state index contributed by atoms with van der Waals surface area (Å²) in [5.41, 5.74) is 0. The molecule has 2 atom stereocenters. The molecule has 92 valence electrons. The van der Waals surface area contributed by atoms with Gasteiger partial charge in [-0.15, -0.1) is 0 Å². The Kier molecular flexibility index (Phi) is 3.60. The van der Waals surface area contributed by atoms with E-state index in [2.05, 4.69) is 33.0 Å². The fourth-order valence-electron chi connectivity index (χ4n) is 3.81. The topological polar surface area (TPSA) is 9.23 Å². The summed E-state index contributed by atoms with van der Waals surface area (Å²) in [7, 11) is -1.52. The third kappa shape index (κ3) is 2.14. The molecule has 16 heavy (non-hydrogen) atoms. The van der Waals surface area contributed by atoms with E-state index in [-0.39, 0.29) is 0 Å². The first-order valence-electron chi connectivity index (χ1n) is 6.91. The van der Waals surface area contributed by atoms with E-state index in [0.717, 1.165) is 5.92 Å². The van der Waals surface area contributed by atoms with Crippen LogP contribution >= 0.6 is 0 Å². The highest BCUT2D eigenvalue weighted by Gasteiger charge is 2.46. The van der Waals surface area contributed by atoms with Gasteiger partial charge in [-0.1, -0.05) is 37.5 Å². The van der Waals surface area contributed by atoms with Gasteiger partial charge < -0.3 is 4.43 Å². The Balaban J connectivity index is 2.12. The molecule has 0 aromatic carbocycles. The van der Waals surface area contributed by atoms with E-state index in [1.54, 1.807) is 5.20 Å². The maximum atomic E-state index is 6.47. The van der Waals surface area contributed by atoms with Crippen molar-refractivity contribution in [2.75, 3.05) is 0 Å². The predicted octanol–water partition coefficient (Wildman–Crippen LogP) is 4.29. The molecule has 0 N–H and O–H groups in total. The van der Waals surface area contributed by atoms with E-state index in [1.165, 1.54) is 32.1 Å². The lowest BCUT2D eigenvalue weighted by Crippen LogP contribution is -2.31. The van der Waals surface area contributed by atoms with Crippen molar-refractivity contribution in [3.05, 3.63) is 11.3 Å². The lowest BCUT2D eigenvalue weighted by atomic mass is 9.81. The average Bonchev–Trinajstić information content (AvgIpc) is 2.50. The zero-order valence-corrected chi connectivity index (χ0v) is 12.3. The summed E-state index contributed by atoms with van der Waals surface area (Å²) < 4.78 is 6.47. The van der Waals surface area contributed by atoms with Gasteiger partial charge in [0.25, 0.3) is 0 Å². The van der Waals surface area contributed by atoms with Crippen LogP contribution in [0.25, 0.3) is 0 Å². The van der Waals surface area contributed by atoms with Gasteiger partial charge in [-0.3, -0.25) is 0 Å². The molecule has 0 radical (unpaired) electrons. The summed E-state index contributed by atoms with van der Waals surface area (Å²) in [6.07, 6.45) is 9.95. The molecule has 1 nitrogen and oxygen atoms in total. The van der Waals surface area contributed by atoms with E-state index >= 15 is 0 Å². The highest BCUT2D eigenvalue weighted by molar-refractivity contribution is 6.79. The molecule has 2 aliphatic rings. The average molecular weight is 238 g/mol. The number of rotatable bonds is 1. The molecule has 1 heterocycles. The van der Waals surface area contributed by atoms with Gasteiger partial charge >= 0.3 is 0 Å². The van der Waals surface area contributed by atoms with E-state index in [1.807, 2.05) is 0 Å². The van der Waals surface area contributed by atoms with Crippen LogP contribution in [0.2, 0.25) is 13.1 Å². The van der Waals surface area contributed by atoms with Crippen molar-refractivity contribution >= 4 is 8.32 Å². The molecule has 0 amide bonds. The molecule has 1 aliphatic heterocycles. The normalized spacial score (nSPS) is 38.1. The zero-order chi connectivity index (χ0) is 11.8. The Morgan fingerprint density at radius 3 is 2.31 bits per heavy atom. The van der Waals surface area contributed by atoms with Gasteiger partial charge in [-0.2, -0.15) is 0 Å². The molecule has 0 bridgehead atoms. The van der Waals surface area contributed by atoms with Crippen molar-refractivity contribution in [2.45, 2.75) is 65.1 Å². The van der Waals surface area contributed by atoms with Gasteiger partial charge in [0.2, 0.25) is 8.32 Å². The van der Waals surface area contributed by atoms with Gasteiger partial charge in [0, 0.05) is 5.92 Å². The van der Waals surface area contributed by atoms with E-state index in [4.69, 9.17) is 4.43 Å². The van der Waals surface area contributed by atoms with Crippen LogP contribution in [0.3, 0.4) is 0 Å². The van der Waals surface area contributed by atoms with E-state index in [0.29, 0.717) is 12.0 Å². The third-order valence-corrected chi connectivity index (χ3v) is 7.53. The van der Waals surface area contributed by atoms with Crippen LogP contribution in [0.1, 0.15) is 46.0 Å². The highest BCUT2D eigenvalue weighted by Crippen LogP contribution is 2.43. The summed E-state index contributed by atoms with van der Waals surface area (Å²) >= 11 is 0. The second-order valence-corrected chi connectivity index (χ2v) is 9.86. The van der Waals surface area contributed by atoms with Crippen LogP contribution in [-0.4, -0.2) is 14.4 Å². The van der Waals surface area contributed by atoms with Crippen LogP contribution in [0.15, 0.2) is 11.3 Å². The number of hydrogen-bond acceptors (Lipinski definition) is 1. The molecule has 1 saturated carbocycles. The van der Waals surface area contributed by atoms with Gasteiger partial charge in [-0.05, 0) is 38.8 Å². The Morgan fingerprint density at radius 1 is 1.19 bits per heavy atom. The second-order valence-electron chi connectivity index (χ2n) is 6.02. The van der Waals surface area contributed by atoms with Crippen molar-refractivity contribution in [1.82, 2.24) is 0 Å². The SMILES string of the molecule is C/C=C1/[C@H](C)[C@@H](C2CCCCC2)O[Si]1(C)C. The minimum absolute atomic E-state index is 0.535. The van der Waals surface area contributed by atoms with Crippen molar-refractivity contribution in [3.63, 3.8) is 0 Å². The van der Waals surface area contributed by atoms with Gasteiger partial charge in [0.05, 0.1) is 6.10 Å². The largest absolute Gasteiger partial charge is 0.409 e. The first-order chi connectivity index (χ1) is 7.56. The fraction of sp³-hybridized carbons (Fsp3) is 0.857. The minimum Gasteiger partial charge on any atom is -0.409 e. The van der Waals surface area contributed by atoms with Crippen LogP contribution in [0, 0.1) is 11.8 Å². The molecule has 2 fully saturated rings. The minimum atomic E-state index is -1.52. The van der Waals surface area contributed by atoms with Gasteiger partial charge in [0.1, 0.15) is 0 Å². The van der Waals surface area contributed by atoms with Gasteiger partial charge in [-0.25, -0.2) is 0 Å². The zero-order valence-electron chi connectivity index (χ0n) is 11.3. The molecule has 0 spiro atoms. The summed E-state index contributed by atoms with van der Waals surface area (Å²) in [6, 6.07) is 0. The Morgan fingerprint density at radius 2 is 1.81 bits per heavy atom. The van der Waals surface area contributed by atoms with Gasteiger partial charge in [0.15, 0.2) is 0 Å². The van der Waals surface area contributed by atoms with E-state index < -0.39 is 8.32 Å². The second kappa shape index (κ2) is 4.65. The van der Waals surface area contributed by atoms with Crippen molar-refractivity contribution < 1.29 is 4.43 Å². The quantitative estimate of drug-likeness (QED) is 0.619. The molecule has 0 unspecified atom stereocenters. The Labute approximate surface area is 101 Å². The molecule has 1 saturated heterocycles. The van der Waals surface area contributed by atoms with Crippen LogP contribution < -0.4 is 0 Å². The summed E-state index contributed by atoms with van der Waals surface area (Å²) in [4.78, 5) is 0. The first-order valence-corrected chi connectivity index (χ1v) is 9.81. The lowest BCUT2D eigenvalue weighted by molar-refractivity contribution is 0.0937. The summed E-state index contributed by atoms with van der Waals surface area (Å²) in [5.74, 6) is 1.52. The Bertz CT molecular complexity index is 276. The molecule has 2 heteroatoms. The predicted molar refractivity (Wildman–Crippen MR) is 71.9 cm³/mol. The van der Waals surface area contributed by atoms with Crippen molar-refractivity contribution in [3.8, 4) is 0 Å². The van der Waals surface area contributed by atoms with E-state index in [9.17, 15) is 0 Å². The molecule has 2 rings (SSSR count). The lowest BCUT2D eigenvalue weighted by Gasteiger charge is -2.30. The summed E-state index contributed by atoms with van der Waals surface area (Å²) in [6.45, 7) is 9.30. The standard InChI is InChI=1S/C14H26OSi/c1-5-13-11(2)14(15-16(13,3)4)12-9-7-6-8-10-12/h5,11-12,14H,6-10H2,1-4H3/b13-5-/t11-,14-/m0/s1. The highest BCUT2D eigenvalue weighted by atomic mass is 28.4. The number of hydrogen-bond donors (Lipinski definition) is 0. The van der Waals surface area contributed by atoms with Crippen molar-refractivity contribution in [2.24, 2.45) is 11.8 Å². The number of allylic oxidation sites excluding steroid dienone is 1. The van der Waals surface area contributed by atoms with Crippen LogP contribution in [-0.2, 0) is 4.43 Å². The molecule has 1 aliphatic carbocycles. The third-order valence-electron chi connectivity index (χ3n) is 4.53. The van der Waals surface area contributed by atoms with Crippen molar-refractivity contribution in [1.29, 1.82) is 0 Å². The Hall–Kier alpha value is -0.0831. The molecular formula is C14H26OSi. The summed E-state index contributed by atoms with van der Waals surface area (Å²) in [5, 5.41) is 1.64. The molecule has 0 aromatic heterocycles. The molecular weight excluding hydrogens is 212 g/mol. The van der Waals surface area contributed by atoms with Crippen LogP contribution in [0.5, 0.6) is 0 Å². The maximum absolute atomic E-state index is 6.47. The monoisotopic (exact) mass is 238 g/mol.